The number of carbonyl (C=O) groups is 1. The van der Waals surface area contributed by atoms with Gasteiger partial charge in [0.05, 0.1) is 0 Å². The molecule has 1 amide bonds. The van der Waals surface area contributed by atoms with Crippen LogP contribution in [0.5, 0.6) is 0 Å². The van der Waals surface area contributed by atoms with Crippen LogP contribution in [0.15, 0.2) is 59.1 Å². The molecule has 2 aromatic rings. The van der Waals surface area contributed by atoms with Crippen LogP contribution in [-0.4, -0.2) is 23.9 Å². The molecule has 0 spiro atoms. The predicted octanol–water partition coefficient (Wildman–Crippen LogP) is 4.08. The van der Waals surface area contributed by atoms with Crippen LogP contribution in [0.1, 0.15) is 28.3 Å². The van der Waals surface area contributed by atoms with E-state index in [1.54, 1.807) is 0 Å². The normalized spacial score (nSPS) is 18.2. The van der Waals surface area contributed by atoms with Gasteiger partial charge in [0.2, 0.25) is 0 Å². The van der Waals surface area contributed by atoms with E-state index in [4.69, 9.17) is 0 Å². The standard InChI is InChI=1S/C17H16BrNO/c18-16-8-6-14(7-9-16)17(20)19-11-10-15(12-19)13-4-2-1-3-5-13/h1-9,15H,10-12H2. The summed E-state index contributed by atoms with van der Waals surface area (Å²) in [6, 6.07) is 18.0. The maximum atomic E-state index is 12.4. The fourth-order valence-electron chi connectivity index (χ4n) is 2.72. The highest BCUT2D eigenvalue weighted by Crippen LogP contribution is 2.28. The first-order valence-corrected chi connectivity index (χ1v) is 7.63. The molecule has 1 fully saturated rings. The summed E-state index contributed by atoms with van der Waals surface area (Å²) in [4.78, 5) is 14.4. The van der Waals surface area contributed by atoms with E-state index in [0.717, 1.165) is 29.5 Å². The van der Waals surface area contributed by atoms with E-state index in [1.165, 1.54) is 5.56 Å². The van der Waals surface area contributed by atoms with Gasteiger partial charge in [0.1, 0.15) is 0 Å². The van der Waals surface area contributed by atoms with E-state index in [9.17, 15) is 4.79 Å². The van der Waals surface area contributed by atoms with Crippen LogP contribution in [0, 0.1) is 0 Å². The third-order valence-corrected chi connectivity index (χ3v) is 4.37. The third kappa shape index (κ3) is 2.78. The predicted molar refractivity (Wildman–Crippen MR) is 83.8 cm³/mol. The number of rotatable bonds is 2. The van der Waals surface area contributed by atoms with Crippen LogP contribution in [0.2, 0.25) is 0 Å². The fourth-order valence-corrected chi connectivity index (χ4v) is 2.98. The van der Waals surface area contributed by atoms with Crippen LogP contribution in [-0.2, 0) is 0 Å². The largest absolute Gasteiger partial charge is 0.338 e. The van der Waals surface area contributed by atoms with E-state index in [2.05, 4.69) is 40.2 Å². The summed E-state index contributed by atoms with van der Waals surface area (Å²) in [6.45, 7) is 1.66. The van der Waals surface area contributed by atoms with Gasteiger partial charge < -0.3 is 4.90 Å². The number of nitrogens with zero attached hydrogens (tertiary/aromatic N) is 1. The van der Waals surface area contributed by atoms with Crippen molar-refractivity contribution in [2.75, 3.05) is 13.1 Å². The Morgan fingerprint density at radius 2 is 1.75 bits per heavy atom. The minimum absolute atomic E-state index is 0.135. The average molecular weight is 330 g/mol. The van der Waals surface area contributed by atoms with Gasteiger partial charge >= 0.3 is 0 Å². The lowest BCUT2D eigenvalue weighted by Gasteiger charge is -2.17. The number of benzene rings is 2. The van der Waals surface area contributed by atoms with E-state index in [1.807, 2.05) is 35.2 Å². The Kier molecular flexibility index (Phi) is 3.88. The number of likely N-dealkylation sites (tertiary alicyclic amines) is 1. The molecular weight excluding hydrogens is 314 g/mol. The summed E-state index contributed by atoms with van der Waals surface area (Å²) in [5.74, 6) is 0.603. The minimum Gasteiger partial charge on any atom is -0.338 e. The smallest absolute Gasteiger partial charge is 0.253 e. The summed E-state index contributed by atoms with van der Waals surface area (Å²) < 4.78 is 0.998. The Labute approximate surface area is 127 Å². The van der Waals surface area contributed by atoms with Gasteiger partial charge in [-0.05, 0) is 36.2 Å². The highest BCUT2D eigenvalue weighted by molar-refractivity contribution is 9.10. The average Bonchev–Trinajstić information content (AvgIpc) is 2.98. The van der Waals surface area contributed by atoms with Crippen molar-refractivity contribution in [2.45, 2.75) is 12.3 Å². The van der Waals surface area contributed by atoms with Crippen molar-refractivity contribution in [3.8, 4) is 0 Å². The van der Waals surface area contributed by atoms with Gasteiger partial charge in [0.15, 0.2) is 0 Å². The fraction of sp³-hybridized carbons (Fsp3) is 0.235. The molecule has 0 radical (unpaired) electrons. The maximum absolute atomic E-state index is 12.4. The summed E-state index contributed by atoms with van der Waals surface area (Å²) in [6.07, 6.45) is 1.05. The SMILES string of the molecule is O=C(c1ccc(Br)cc1)N1CCC(c2ccccc2)C1. The molecule has 1 unspecified atom stereocenters. The van der Waals surface area contributed by atoms with Crippen molar-refractivity contribution in [3.63, 3.8) is 0 Å². The lowest BCUT2D eigenvalue weighted by atomic mass is 9.99. The lowest BCUT2D eigenvalue weighted by Crippen LogP contribution is -2.28. The van der Waals surface area contributed by atoms with Crippen LogP contribution in [0.3, 0.4) is 0 Å². The molecular formula is C17H16BrNO. The Hall–Kier alpha value is -1.61. The number of carbonyl (C=O) groups excluding carboxylic acids is 1. The van der Waals surface area contributed by atoms with Crippen LogP contribution < -0.4 is 0 Å². The Bertz CT molecular complexity index is 594. The molecule has 0 aliphatic carbocycles. The molecule has 102 valence electrons. The summed E-state index contributed by atoms with van der Waals surface area (Å²) in [5, 5.41) is 0. The first kappa shape index (κ1) is 13.4. The molecule has 0 aromatic heterocycles. The van der Waals surface area contributed by atoms with Gasteiger partial charge in [-0.3, -0.25) is 4.79 Å². The topological polar surface area (TPSA) is 20.3 Å². The van der Waals surface area contributed by atoms with Gasteiger partial charge in [-0.25, -0.2) is 0 Å². The number of hydrogen-bond donors (Lipinski definition) is 0. The Morgan fingerprint density at radius 1 is 1.05 bits per heavy atom. The minimum atomic E-state index is 0.135. The molecule has 1 atom stereocenters. The molecule has 0 saturated carbocycles. The van der Waals surface area contributed by atoms with E-state index in [0.29, 0.717) is 5.92 Å². The molecule has 3 rings (SSSR count). The van der Waals surface area contributed by atoms with Gasteiger partial charge in [-0.2, -0.15) is 0 Å². The maximum Gasteiger partial charge on any atom is 0.253 e. The van der Waals surface area contributed by atoms with Crippen LogP contribution in [0.25, 0.3) is 0 Å². The molecule has 0 bridgehead atoms. The van der Waals surface area contributed by atoms with Gasteiger partial charge in [-0.1, -0.05) is 46.3 Å². The van der Waals surface area contributed by atoms with Crippen molar-refractivity contribution in [1.82, 2.24) is 4.90 Å². The molecule has 1 aliphatic heterocycles. The van der Waals surface area contributed by atoms with Crippen molar-refractivity contribution in [1.29, 1.82) is 0 Å². The molecule has 2 aromatic carbocycles. The van der Waals surface area contributed by atoms with Gasteiger partial charge in [-0.15, -0.1) is 0 Å². The second-order valence-corrected chi connectivity index (χ2v) is 6.07. The molecule has 1 aliphatic rings. The van der Waals surface area contributed by atoms with E-state index >= 15 is 0 Å². The second-order valence-electron chi connectivity index (χ2n) is 5.15. The van der Waals surface area contributed by atoms with E-state index < -0.39 is 0 Å². The Balaban J connectivity index is 1.71. The zero-order valence-corrected chi connectivity index (χ0v) is 12.7. The van der Waals surface area contributed by atoms with Gasteiger partial charge in [0.25, 0.3) is 5.91 Å². The number of amides is 1. The quantitative estimate of drug-likeness (QED) is 0.812. The Morgan fingerprint density at radius 3 is 2.45 bits per heavy atom. The summed E-state index contributed by atoms with van der Waals surface area (Å²) >= 11 is 3.39. The molecule has 20 heavy (non-hydrogen) atoms. The summed E-state index contributed by atoms with van der Waals surface area (Å²) in [5.41, 5.74) is 2.10. The zero-order chi connectivity index (χ0) is 13.9. The molecule has 3 heteroatoms. The monoisotopic (exact) mass is 329 g/mol. The molecule has 1 saturated heterocycles. The van der Waals surface area contributed by atoms with Crippen molar-refractivity contribution >= 4 is 21.8 Å². The van der Waals surface area contributed by atoms with Crippen molar-refractivity contribution < 1.29 is 4.79 Å². The van der Waals surface area contributed by atoms with Gasteiger partial charge in [0, 0.05) is 29.0 Å². The second kappa shape index (κ2) is 5.80. The highest BCUT2D eigenvalue weighted by atomic mass is 79.9. The molecule has 0 N–H and O–H groups in total. The molecule has 1 heterocycles. The number of halogens is 1. The number of hydrogen-bond acceptors (Lipinski definition) is 1. The van der Waals surface area contributed by atoms with Crippen LogP contribution in [0.4, 0.5) is 0 Å². The third-order valence-electron chi connectivity index (χ3n) is 3.84. The van der Waals surface area contributed by atoms with E-state index in [-0.39, 0.29) is 5.91 Å². The highest BCUT2D eigenvalue weighted by Gasteiger charge is 2.27. The summed E-state index contributed by atoms with van der Waals surface area (Å²) in [7, 11) is 0. The zero-order valence-electron chi connectivity index (χ0n) is 11.1. The van der Waals surface area contributed by atoms with Crippen molar-refractivity contribution in [2.24, 2.45) is 0 Å². The van der Waals surface area contributed by atoms with Crippen LogP contribution >= 0.6 is 15.9 Å². The first-order chi connectivity index (χ1) is 9.74. The first-order valence-electron chi connectivity index (χ1n) is 6.84. The van der Waals surface area contributed by atoms with Crippen molar-refractivity contribution in [3.05, 3.63) is 70.2 Å². The lowest BCUT2D eigenvalue weighted by molar-refractivity contribution is 0.0791. The molecule has 2 nitrogen and oxygen atoms in total.